The van der Waals surface area contributed by atoms with Gasteiger partial charge in [0.05, 0.1) is 12.6 Å². The smallest absolute Gasteiger partial charge is 0.246 e. The molecule has 1 aliphatic rings. The second-order valence-corrected chi connectivity index (χ2v) is 7.18. The van der Waals surface area contributed by atoms with Crippen molar-refractivity contribution >= 4 is 17.5 Å². The molecule has 0 radical (unpaired) electrons. The number of carbonyl (C=O) groups is 2. The Kier molecular flexibility index (Phi) is 5.99. The maximum atomic E-state index is 12.5. The molecule has 132 valence electrons. The number of hydrogen-bond donors (Lipinski definition) is 2. The summed E-state index contributed by atoms with van der Waals surface area (Å²) in [6.07, 6.45) is 1.93. The predicted octanol–water partition coefficient (Wildman–Crippen LogP) is 2.19. The summed E-state index contributed by atoms with van der Waals surface area (Å²) in [5.74, 6) is 0.159. The van der Waals surface area contributed by atoms with E-state index in [0.717, 1.165) is 18.5 Å². The first-order valence-electron chi connectivity index (χ1n) is 8.77. The van der Waals surface area contributed by atoms with Gasteiger partial charge in [-0.3, -0.25) is 9.59 Å². The van der Waals surface area contributed by atoms with Gasteiger partial charge in [0.15, 0.2) is 0 Å². The van der Waals surface area contributed by atoms with Crippen LogP contribution in [-0.4, -0.2) is 30.9 Å². The average Bonchev–Trinajstić information content (AvgIpc) is 2.57. The van der Waals surface area contributed by atoms with Gasteiger partial charge in [-0.1, -0.05) is 39.8 Å². The van der Waals surface area contributed by atoms with Gasteiger partial charge in [0.2, 0.25) is 11.8 Å². The highest BCUT2D eigenvalue weighted by atomic mass is 16.2. The number of nitrogens with two attached hydrogens (primary N) is 1. The number of nitrogens with one attached hydrogen (secondary N) is 1. The first-order chi connectivity index (χ1) is 11.3. The van der Waals surface area contributed by atoms with Crippen LogP contribution < -0.4 is 16.0 Å². The molecule has 1 aliphatic heterocycles. The highest BCUT2D eigenvalue weighted by molar-refractivity contribution is 5.98. The molecule has 2 rings (SSSR count). The first kappa shape index (κ1) is 18.5. The molecule has 1 aromatic carbocycles. The van der Waals surface area contributed by atoms with Crippen LogP contribution >= 0.6 is 0 Å². The molecule has 0 aliphatic carbocycles. The minimum absolute atomic E-state index is 0.00930. The molecule has 0 saturated heterocycles. The molecule has 24 heavy (non-hydrogen) atoms. The number of aryl methyl sites for hydroxylation is 1. The molecular weight excluding hydrogens is 302 g/mol. The van der Waals surface area contributed by atoms with E-state index in [2.05, 4.69) is 31.3 Å². The van der Waals surface area contributed by atoms with Gasteiger partial charge in [-0.25, -0.2) is 0 Å². The van der Waals surface area contributed by atoms with Crippen LogP contribution in [-0.2, 0) is 16.0 Å². The van der Waals surface area contributed by atoms with Crippen molar-refractivity contribution in [3.63, 3.8) is 0 Å². The van der Waals surface area contributed by atoms with Gasteiger partial charge in [0.1, 0.15) is 0 Å². The van der Waals surface area contributed by atoms with E-state index in [-0.39, 0.29) is 24.3 Å². The SMILES string of the molecule is CC(C)c1ccc2c(c1)CCCN2C(=O)CNC(=O)[C@@H](N)C(C)C. The topological polar surface area (TPSA) is 75.4 Å². The maximum Gasteiger partial charge on any atom is 0.246 e. The number of amides is 2. The van der Waals surface area contributed by atoms with Gasteiger partial charge >= 0.3 is 0 Å². The quantitative estimate of drug-likeness (QED) is 0.868. The summed E-state index contributed by atoms with van der Waals surface area (Å²) < 4.78 is 0. The summed E-state index contributed by atoms with van der Waals surface area (Å²) >= 11 is 0. The lowest BCUT2D eigenvalue weighted by atomic mass is 9.95. The van der Waals surface area contributed by atoms with Gasteiger partial charge in [0.25, 0.3) is 0 Å². The zero-order valence-electron chi connectivity index (χ0n) is 15.1. The summed E-state index contributed by atoms with van der Waals surface area (Å²) in [5, 5.41) is 2.67. The normalized spacial score (nSPS) is 15.4. The Balaban J connectivity index is 2.06. The fourth-order valence-corrected chi connectivity index (χ4v) is 2.91. The molecule has 0 saturated carbocycles. The molecule has 2 amide bonds. The van der Waals surface area contributed by atoms with E-state index < -0.39 is 6.04 Å². The molecule has 1 atom stereocenters. The number of anilines is 1. The van der Waals surface area contributed by atoms with Crippen molar-refractivity contribution in [1.29, 1.82) is 0 Å². The Morgan fingerprint density at radius 1 is 1.25 bits per heavy atom. The van der Waals surface area contributed by atoms with Crippen LogP contribution in [0.3, 0.4) is 0 Å². The summed E-state index contributed by atoms with van der Waals surface area (Å²) in [6.45, 7) is 8.80. The summed E-state index contributed by atoms with van der Waals surface area (Å²) in [6, 6.07) is 5.73. The van der Waals surface area contributed by atoms with E-state index in [1.54, 1.807) is 4.90 Å². The first-order valence-corrected chi connectivity index (χ1v) is 8.77. The van der Waals surface area contributed by atoms with Crippen molar-refractivity contribution in [3.05, 3.63) is 29.3 Å². The zero-order chi connectivity index (χ0) is 17.9. The van der Waals surface area contributed by atoms with Gasteiger partial charge < -0.3 is 16.0 Å². The van der Waals surface area contributed by atoms with E-state index >= 15 is 0 Å². The number of hydrogen-bond acceptors (Lipinski definition) is 3. The van der Waals surface area contributed by atoms with Crippen molar-refractivity contribution in [3.8, 4) is 0 Å². The third kappa shape index (κ3) is 4.15. The Hall–Kier alpha value is -1.88. The number of benzene rings is 1. The lowest BCUT2D eigenvalue weighted by molar-refractivity contribution is -0.126. The third-order valence-electron chi connectivity index (χ3n) is 4.62. The molecular formula is C19H29N3O2. The minimum Gasteiger partial charge on any atom is -0.346 e. The molecule has 5 nitrogen and oxygen atoms in total. The average molecular weight is 331 g/mol. The fourth-order valence-electron chi connectivity index (χ4n) is 2.91. The van der Waals surface area contributed by atoms with Gasteiger partial charge in [-0.2, -0.15) is 0 Å². The van der Waals surface area contributed by atoms with E-state index in [9.17, 15) is 9.59 Å². The number of carbonyl (C=O) groups excluding carboxylic acids is 2. The fraction of sp³-hybridized carbons (Fsp3) is 0.579. The van der Waals surface area contributed by atoms with Gasteiger partial charge in [0, 0.05) is 12.2 Å². The number of nitrogens with zero attached hydrogens (tertiary/aromatic N) is 1. The van der Waals surface area contributed by atoms with Crippen LogP contribution in [0.2, 0.25) is 0 Å². The van der Waals surface area contributed by atoms with Crippen molar-refractivity contribution in [2.24, 2.45) is 11.7 Å². The molecule has 0 spiro atoms. The van der Waals surface area contributed by atoms with Crippen molar-refractivity contribution in [2.45, 2.75) is 52.5 Å². The molecule has 1 heterocycles. The second kappa shape index (κ2) is 7.79. The Morgan fingerprint density at radius 2 is 1.96 bits per heavy atom. The monoisotopic (exact) mass is 331 g/mol. The van der Waals surface area contributed by atoms with Crippen molar-refractivity contribution < 1.29 is 9.59 Å². The van der Waals surface area contributed by atoms with Crippen LogP contribution in [0.25, 0.3) is 0 Å². The number of rotatable bonds is 5. The molecule has 0 aromatic heterocycles. The van der Waals surface area contributed by atoms with E-state index in [1.165, 1.54) is 11.1 Å². The van der Waals surface area contributed by atoms with E-state index in [4.69, 9.17) is 5.73 Å². The van der Waals surface area contributed by atoms with Crippen LogP contribution in [0.1, 0.15) is 51.2 Å². The highest BCUT2D eigenvalue weighted by Crippen LogP contribution is 2.30. The van der Waals surface area contributed by atoms with E-state index in [0.29, 0.717) is 12.5 Å². The molecule has 5 heteroatoms. The largest absolute Gasteiger partial charge is 0.346 e. The molecule has 0 fully saturated rings. The highest BCUT2D eigenvalue weighted by Gasteiger charge is 2.24. The minimum atomic E-state index is -0.583. The predicted molar refractivity (Wildman–Crippen MR) is 97.0 cm³/mol. The summed E-state index contributed by atoms with van der Waals surface area (Å²) in [4.78, 5) is 26.3. The van der Waals surface area contributed by atoms with Gasteiger partial charge in [-0.05, 0) is 41.9 Å². The van der Waals surface area contributed by atoms with Crippen LogP contribution in [0.4, 0.5) is 5.69 Å². The number of fused-ring (bicyclic) bond motifs is 1. The standard InChI is InChI=1S/C19H29N3O2/c1-12(2)14-7-8-16-15(10-14)6-5-9-22(16)17(23)11-21-19(24)18(20)13(3)4/h7-8,10,12-13,18H,5-6,9,11,20H2,1-4H3,(H,21,24)/t18-/m0/s1. The van der Waals surface area contributed by atoms with Crippen LogP contribution in [0.5, 0.6) is 0 Å². The van der Waals surface area contributed by atoms with E-state index in [1.807, 2.05) is 19.9 Å². The second-order valence-electron chi connectivity index (χ2n) is 7.18. The lowest BCUT2D eigenvalue weighted by Crippen LogP contribution is -2.48. The van der Waals surface area contributed by atoms with Crippen LogP contribution in [0.15, 0.2) is 18.2 Å². The van der Waals surface area contributed by atoms with Gasteiger partial charge in [-0.15, -0.1) is 0 Å². The summed E-state index contributed by atoms with van der Waals surface area (Å²) in [7, 11) is 0. The summed E-state index contributed by atoms with van der Waals surface area (Å²) in [5.41, 5.74) is 9.28. The van der Waals surface area contributed by atoms with Crippen LogP contribution in [0, 0.1) is 5.92 Å². The lowest BCUT2D eigenvalue weighted by Gasteiger charge is -2.30. The Labute approximate surface area is 144 Å². The molecule has 0 bridgehead atoms. The Bertz CT molecular complexity index is 611. The molecule has 3 N–H and O–H groups in total. The molecule has 0 unspecified atom stereocenters. The maximum absolute atomic E-state index is 12.5. The Morgan fingerprint density at radius 3 is 2.58 bits per heavy atom. The molecule has 1 aromatic rings. The van der Waals surface area contributed by atoms with Crippen molar-refractivity contribution in [1.82, 2.24) is 5.32 Å². The zero-order valence-corrected chi connectivity index (χ0v) is 15.1. The van der Waals surface area contributed by atoms with Crippen molar-refractivity contribution in [2.75, 3.05) is 18.0 Å². The third-order valence-corrected chi connectivity index (χ3v) is 4.62.